The van der Waals surface area contributed by atoms with Crippen LogP contribution >= 0.6 is 0 Å². The topological polar surface area (TPSA) is 70.7 Å². The van der Waals surface area contributed by atoms with E-state index in [-0.39, 0.29) is 12.5 Å². The summed E-state index contributed by atoms with van der Waals surface area (Å²) in [5.74, 6) is 0.0691. The molecule has 2 rings (SSSR count). The fraction of sp³-hybridized carbons (Fsp3) is 0.400. The summed E-state index contributed by atoms with van der Waals surface area (Å²) >= 11 is 0. The number of fused-ring (bicyclic) bond motifs is 1. The molecule has 15 heavy (non-hydrogen) atoms. The maximum Gasteiger partial charge on any atom is 0.219 e. The average Bonchev–Trinajstić information content (AvgIpc) is 2.53. The number of hydrogen-bond donors (Lipinski definition) is 2. The Labute approximate surface area is 87.0 Å². The zero-order valence-corrected chi connectivity index (χ0v) is 8.73. The molecular weight excluding hydrogens is 194 g/mol. The minimum atomic E-state index is -0.0121. The fourth-order valence-electron chi connectivity index (χ4n) is 1.65. The van der Waals surface area contributed by atoms with Crippen LogP contribution in [0.3, 0.4) is 0 Å². The zero-order valence-electron chi connectivity index (χ0n) is 8.73. The first kappa shape index (κ1) is 9.92. The second kappa shape index (κ2) is 3.51. The first-order valence-electron chi connectivity index (χ1n) is 4.79. The van der Waals surface area contributed by atoms with Crippen molar-refractivity contribution in [3.8, 4) is 5.88 Å². The normalized spacial score (nSPS) is 11.1. The Hall–Kier alpha value is -1.62. The molecule has 0 saturated carbocycles. The molecule has 0 aliphatic rings. The van der Waals surface area contributed by atoms with Crippen molar-refractivity contribution < 1.29 is 10.2 Å². The number of aromatic hydroxyl groups is 1. The molecule has 0 fully saturated rings. The van der Waals surface area contributed by atoms with Gasteiger partial charge < -0.3 is 10.2 Å². The average molecular weight is 207 g/mol. The highest BCUT2D eigenvalue weighted by molar-refractivity contribution is 5.46. The van der Waals surface area contributed by atoms with Crippen LogP contribution in [0, 0.1) is 13.8 Å². The van der Waals surface area contributed by atoms with E-state index in [9.17, 15) is 5.11 Å². The maximum absolute atomic E-state index is 9.92. The number of aromatic nitrogens is 3. The van der Waals surface area contributed by atoms with Crippen LogP contribution in [0.15, 0.2) is 6.07 Å². The second-order valence-electron chi connectivity index (χ2n) is 3.53. The molecule has 0 spiro atoms. The number of aryl methyl sites for hydroxylation is 2. The van der Waals surface area contributed by atoms with Gasteiger partial charge in [-0.05, 0) is 13.8 Å². The first-order chi connectivity index (χ1) is 7.13. The van der Waals surface area contributed by atoms with Gasteiger partial charge in [0.25, 0.3) is 0 Å². The van der Waals surface area contributed by atoms with E-state index in [0.717, 1.165) is 11.4 Å². The van der Waals surface area contributed by atoms with Crippen LogP contribution in [-0.2, 0) is 6.42 Å². The SMILES string of the molecule is Cc1cc2nc(C)c(CCO)c(O)n2n1. The molecule has 0 amide bonds. The van der Waals surface area contributed by atoms with Gasteiger partial charge in [-0.25, -0.2) is 4.98 Å². The Morgan fingerprint density at radius 3 is 2.80 bits per heavy atom. The lowest BCUT2D eigenvalue weighted by Gasteiger charge is -2.07. The van der Waals surface area contributed by atoms with Crippen molar-refractivity contribution in [3.05, 3.63) is 23.0 Å². The van der Waals surface area contributed by atoms with Crippen LogP contribution in [0.4, 0.5) is 0 Å². The molecule has 0 atom stereocenters. The van der Waals surface area contributed by atoms with Gasteiger partial charge >= 0.3 is 0 Å². The Balaban J connectivity index is 2.71. The smallest absolute Gasteiger partial charge is 0.219 e. The van der Waals surface area contributed by atoms with Gasteiger partial charge in [0.05, 0.1) is 5.69 Å². The van der Waals surface area contributed by atoms with Crippen LogP contribution in [0.2, 0.25) is 0 Å². The molecule has 2 N–H and O–H groups in total. The van der Waals surface area contributed by atoms with Gasteiger partial charge in [-0.15, -0.1) is 0 Å². The highest BCUT2D eigenvalue weighted by Crippen LogP contribution is 2.21. The number of nitrogens with zero attached hydrogens (tertiary/aromatic N) is 3. The molecule has 2 aromatic heterocycles. The van der Waals surface area contributed by atoms with E-state index in [1.54, 1.807) is 6.07 Å². The zero-order chi connectivity index (χ0) is 11.0. The number of hydrogen-bond acceptors (Lipinski definition) is 4. The molecule has 5 nitrogen and oxygen atoms in total. The lowest BCUT2D eigenvalue weighted by atomic mass is 10.2. The third-order valence-corrected chi connectivity index (χ3v) is 2.36. The van der Waals surface area contributed by atoms with Crippen molar-refractivity contribution in [2.24, 2.45) is 0 Å². The fourth-order valence-corrected chi connectivity index (χ4v) is 1.65. The van der Waals surface area contributed by atoms with Gasteiger partial charge in [-0.3, -0.25) is 0 Å². The van der Waals surface area contributed by atoms with E-state index < -0.39 is 0 Å². The van der Waals surface area contributed by atoms with Crippen molar-refractivity contribution in [2.75, 3.05) is 6.61 Å². The highest BCUT2D eigenvalue weighted by Gasteiger charge is 2.12. The molecule has 2 heterocycles. The molecule has 0 aliphatic heterocycles. The number of aliphatic hydroxyl groups is 1. The summed E-state index contributed by atoms with van der Waals surface area (Å²) in [5, 5.41) is 22.9. The van der Waals surface area contributed by atoms with Crippen LogP contribution in [0.25, 0.3) is 5.65 Å². The van der Waals surface area contributed by atoms with Crippen molar-refractivity contribution in [3.63, 3.8) is 0 Å². The van der Waals surface area contributed by atoms with E-state index in [4.69, 9.17) is 5.11 Å². The number of aliphatic hydroxyl groups excluding tert-OH is 1. The summed E-state index contributed by atoms with van der Waals surface area (Å²) in [5.41, 5.74) is 2.81. The van der Waals surface area contributed by atoms with Gasteiger partial charge in [0.2, 0.25) is 5.88 Å². The molecule has 0 aromatic carbocycles. The van der Waals surface area contributed by atoms with Crippen LogP contribution in [0.5, 0.6) is 5.88 Å². The van der Waals surface area contributed by atoms with Crippen molar-refractivity contribution in [1.29, 1.82) is 0 Å². The van der Waals surface area contributed by atoms with E-state index >= 15 is 0 Å². The Kier molecular flexibility index (Phi) is 2.32. The van der Waals surface area contributed by atoms with Crippen LogP contribution < -0.4 is 0 Å². The third kappa shape index (κ3) is 1.55. The van der Waals surface area contributed by atoms with Gasteiger partial charge in [0.15, 0.2) is 5.65 Å². The minimum absolute atomic E-state index is 0.0121. The summed E-state index contributed by atoms with van der Waals surface area (Å²) in [6, 6.07) is 1.80. The summed E-state index contributed by atoms with van der Waals surface area (Å²) in [4.78, 5) is 4.31. The van der Waals surface area contributed by atoms with Gasteiger partial charge in [0.1, 0.15) is 0 Å². The monoisotopic (exact) mass is 207 g/mol. The van der Waals surface area contributed by atoms with Crippen molar-refractivity contribution in [2.45, 2.75) is 20.3 Å². The molecular formula is C10H13N3O2. The lowest BCUT2D eigenvalue weighted by Crippen LogP contribution is -2.03. The van der Waals surface area contributed by atoms with Crippen LogP contribution in [0.1, 0.15) is 17.0 Å². The maximum atomic E-state index is 9.92. The summed E-state index contributed by atoms with van der Waals surface area (Å²) in [7, 11) is 0. The largest absolute Gasteiger partial charge is 0.493 e. The molecule has 0 aliphatic carbocycles. The van der Waals surface area contributed by atoms with Crippen molar-refractivity contribution >= 4 is 5.65 Å². The minimum Gasteiger partial charge on any atom is -0.493 e. The standard InChI is InChI=1S/C10H13N3O2/c1-6-5-9-11-7(2)8(3-4-14)10(15)13(9)12-6/h5,14-15H,3-4H2,1-2H3. The second-order valence-corrected chi connectivity index (χ2v) is 3.53. The molecule has 5 heteroatoms. The number of rotatable bonds is 2. The summed E-state index contributed by atoms with van der Waals surface area (Å²) in [6.07, 6.45) is 0.388. The molecule has 0 saturated heterocycles. The highest BCUT2D eigenvalue weighted by atomic mass is 16.3. The van der Waals surface area contributed by atoms with E-state index in [1.807, 2.05) is 13.8 Å². The van der Waals surface area contributed by atoms with E-state index in [1.165, 1.54) is 4.52 Å². The summed E-state index contributed by atoms with van der Waals surface area (Å²) < 4.78 is 1.40. The first-order valence-corrected chi connectivity index (χ1v) is 4.79. The van der Waals surface area contributed by atoms with Gasteiger partial charge in [-0.2, -0.15) is 9.61 Å². The van der Waals surface area contributed by atoms with Gasteiger partial charge in [-0.1, -0.05) is 0 Å². The summed E-state index contributed by atoms with van der Waals surface area (Å²) in [6.45, 7) is 3.64. The van der Waals surface area contributed by atoms with Gasteiger partial charge in [0, 0.05) is 30.4 Å². The van der Waals surface area contributed by atoms with Crippen molar-refractivity contribution in [1.82, 2.24) is 14.6 Å². The third-order valence-electron chi connectivity index (χ3n) is 2.36. The molecule has 0 radical (unpaired) electrons. The quantitative estimate of drug-likeness (QED) is 0.756. The Morgan fingerprint density at radius 1 is 1.40 bits per heavy atom. The lowest BCUT2D eigenvalue weighted by molar-refractivity contribution is 0.295. The molecule has 2 aromatic rings. The predicted octanol–water partition coefficient (Wildman–Crippen LogP) is 0.587. The van der Waals surface area contributed by atoms with Crippen LogP contribution in [-0.4, -0.2) is 31.4 Å². The van der Waals surface area contributed by atoms with E-state index in [0.29, 0.717) is 17.6 Å². The predicted molar refractivity (Wildman–Crippen MR) is 54.9 cm³/mol. The Bertz CT molecular complexity index is 505. The Morgan fingerprint density at radius 2 is 2.13 bits per heavy atom. The van der Waals surface area contributed by atoms with E-state index in [2.05, 4.69) is 10.1 Å². The molecule has 0 unspecified atom stereocenters. The molecule has 0 bridgehead atoms. The molecule has 80 valence electrons.